The first-order chi connectivity index (χ1) is 19.8. The Labute approximate surface area is 262 Å². The van der Waals surface area contributed by atoms with Gasteiger partial charge in [-0.3, -0.25) is 4.39 Å². The van der Waals surface area contributed by atoms with Gasteiger partial charge in [-0.25, -0.2) is 0 Å². The second-order valence-corrected chi connectivity index (χ2v) is 16.0. The number of rotatable bonds is 6. The fourth-order valence-corrected chi connectivity index (χ4v) is 5.88. The SMILES string of the molecule is [2H]C(C)(C)c1ccnc(-c2[c-]cccc2)c1.[2H]C(C)(c1ccccc1)c1cc(-c2[c-]cc(F)cc2)ncc1[Si](C)(C)C.[Ir]. The maximum atomic E-state index is 13.2. The molecule has 1 atom stereocenters. The number of hydrogen-bond acceptors (Lipinski definition) is 2. The molecule has 2 nitrogen and oxygen atoms in total. The third-order valence-corrected chi connectivity index (χ3v) is 8.71. The van der Waals surface area contributed by atoms with E-state index in [4.69, 9.17) is 2.74 Å². The summed E-state index contributed by atoms with van der Waals surface area (Å²) in [7, 11) is -1.71. The van der Waals surface area contributed by atoms with Crippen LogP contribution in [0.3, 0.4) is 0 Å². The molecule has 41 heavy (non-hydrogen) atoms. The van der Waals surface area contributed by atoms with Gasteiger partial charge in [-0.05, 0) is 39.7 Å². The van der Waals surface area contributed by atoms with Crippen molar-refractivity contribution in [1.82, 2.24) is 9.97 Å². The Hall–Kier alpha value is -3.24. The Bertz CT molecular complexity index is 1620. The van der Waals surface area contributed by atoms with Crippen LogP contribution in [0.5, 0.6) is 0 Å². The number of benzene rings is 3. The minimum absolute atomic E-state index is 0. The van der Waals surface area contributed by atoms with E-state index < -0.39 is 19.9 Å². The second kappa shape index (κ2) is 14.6. The van der Waals surface area contributed by atoms with Crippen LogP contribution in [-0.4, -0.2) is 18.0 Å². The van der Waals surface area contributed by atoms with Crippen molar-refractivity contribution >= 4 is 13.3 Å². The minimum Gasteiger partial charge on any atom is -0.305 e. The Morgan fingerprint density at radius 1 is 0.780 bits per heavy atom. The number of nitrogens with zero attached hydrogens (tertiary/aromatic N) is 2. The van der Waals surface area contributed by atoms with E-state index in [0.29, 0.717) is 0 Å². The monoisotopic (exact) mass is 739 g/mol. The van der Waals surface area contributed by atoms with Crippen LogP contribution < -0.4 is 5.19 Å². The summed E-state index contributed by atoms with van der Waals surface area (Å²) in [5.74, 6) is -1.80. The molecule has 0 bridgehead atoms. The zero-order chi connectivity index (χ0) is 30.5. The summed E-state index contributed by atoms with van der Waals surface area (Å²) in [6.45, 7) is 12.5. The van der Waals surface area contributed by atoms with Gasteiger partial charge in [0.15, 0.2) is 0 Å². The summed E-state index contributed by atoms with van der Waals surface area (Å²) >= 11 is 0. The first-order valence-electron chi connectivity index (χ1n) is 14.4. The van der Waals surface area contributed by atoms with E-state index in [1.807, 2.05) is 99.8 Å². The molecule has 5 rings (SSSR count). The van der Waals surface area contributed by atoms with Crippen LogP contribution in [0.15, 0.2) is 103 Å². The van der Waals surface area contributed by atoms with Gasteiger partial charge < -0.3 is 9.97 Å². The van der Waals surface area contributed by atoms with E-state index in [0.717, 1.165) is 39.2 Å². The zero-order valence-corrected chi connectivity index (χ0v) is 27.8. The predicted molar refractivity (Wildman–Crippen MR) is 168 cm³/mol. The predicted octanol–water partition coefficient (Wildman–Crippen LogP) is 9.05. The Morgan fingerprint density at radius 3 is 2.07 bits per heavy atom. The van der Waals surface area contributed by atoms with Gasteiger partial charge in [0, 0.05) is 47.0 Å². The van der Waals surface area contributed by atoms with Gasteiger partial charge in [0.2, 0.25) is 0 Å². The van der Waals surface area contributed by atoms with Crippen LogP contribution in [0.1, 0.15) is 52.0 Å². The van der Waals surface area contributed by atoms with Crippen LogP contribution in [0.2, 0.25) is 19.6 Å². The van der Waals surface area contributed by atoms with Crippen LogP contribution in [-0.2, 0) is 20.1 Å². The summed E-state index contributed by atoms with van der Waals surface area (Å²) in [4.78, 5) is 8.92. The molecule has 0 aliphatic rings. The molecule has 0 amide bonds. The smallest absolute Gasteiger partial charge is 0.0799 e. The number of hydrogen-bond donors (Lipinski definition) is 0. The van der Waals surface area contributed by atoms with Crippen molar-refractivity contribution in [2.24, 2.45) is 0 Å². The standard InChI is InChI=1S/C22H23FNSi.C14H14N.Ir/c1-16(17-8-6-5-7-9-17)20-14-21(18-10-12-19(23)13-11-18)24-15-22(20)25(2,3)4;1-11(2)13-8-9-15-14(10-13)12-6-4-3-5-7-12;/h5-10,12-16H,1-4H3;3-6,8-11H,1-2H3;/q2*-1;/i16D;11D;. The Balaban J connectivity index is 0.000000256. The third kappa shape index (κ3) is 8.62. The molecule has 2 heterocycles. The summed E-state index contributed by atoms with van der Waals surface area (Å²) in [6.07, 6.45) is 3.66. The van der Waals surface area contributed by atoms with Crippen LogP contribution >= 0.6 is 0 Å². The Morgan fingerprint density at radius 2 is 1.46 bits per heavy atom. The van der Waals surface area contributed by atoms with Gasteiger partial charge in [-0.15, -0.1) is 65.7 Å². The van der Waals surface area contributed by atoms with E-state index in [1.54, 1.807) is 12.3 Å². The molecule has 0 saturated carbocycles. The molecule has 3 aromatic carbocycles. The maximum Gasteiger partial charge on any atom is 0.0799 e. The van der Waals surface area contributed by atoms with Crippen LogP contribution in [0.25, 0.3) is 22.5 Å². The van der Waals surface area contributed by atoms with E-state index in [9.17, 15) is 4.39 Å². The normalized spacial score (nSPS) is 13.4. The first kappa shape index (κ1) is 29.3. The average molecular weight is 739 g/mol. The minimum atomic E-state index is -1.71. The topological polar surface area (TPSA) is 25.8 Å². The largest absolute Gasteiger partial charge is 0.305 e. The molecular weight excluding hydrogens is 700 g/mol. The van der Waals surface area contributed by atoms with E-state index in [-0.39, 0.29) is 25.9 Å². The van der Waals surface area contributed by atoms with E-state index in [2.05, 4.69) is 41.7 Å². The van der Waals surface area contributed by atoms with Gasteiger partial charge >= 0.3 is 0 Å². The molecule has 0 spiro atoms. The van der Waals surface area contributed by atoms with Crippen molar-refractivity contribution in [3.63, 3.8) is 0 Å². The number of halogens is 1. The molecule has 2 aromatic heterocycles. The number of pyridine rings is 2. The van der Waals surface area contributed by atoms with Gasteiger partial charge in [0.05, 0.1) is 8.07 Å². The quantitative estimate of drug-likeness (QED) is 0.128. The van der Waals surface area contributed by atoms with Crippen molar-refractivity contribution in [2.75, 3.05) is 0 Å². The third-order valence-electron chi connectivity index (χ3n) is 6.70. The summed E-state index contributed by atoms with van der Waals surface area (Å²) in [6, 6.07) is 33.9. The summed E-state index contributed by atoms with van der Waals surface area (Å²) < 4.78 is 30.4. The van der Waals surface area contributed by atoms with Crippen molar-refractivity contribution in [3.8, 4) is 22.5 Å². The van der Waals surface area contributed by atoms with E-state index in [1.165, 1.54) is 17.3 Å². The van der Waals surface area contributed by atoms with E-state index >= 15 is 0 Å². The molecule has 0 N–H and O–H groups in total. The van der Waals surface area contributed by atoms with Crippen LogP contribution in [0, 0.1) is 17.9 Å². The van der Waals surface area contributed by atoms with Crippen LogP contribution in [0.4, 0.5) is 4.39 Å². The molecule has 0 aliphatic heterocycles. The molecule has 1 radical (unpaired) electrons. The maximum absolute atomic E-state index is 13.2. The molecule has 213 valence electrons. The zero-order valence-electron chi connectivity index (χ0n) is 26.4. The fourth-order valence-electron chi connectivity index (χ4n) is 4.36. The molecular formula is C36H37FIrN2Si-2. The molecule has 5 heteroatoms. The first-order valence-corrected chi connectivity index (χ1v) is 16.9. The van der Waals surface area contributed by atoms with Gasteiger partial charge in [0.1, 0.15) is 0 Å². The average Bonchev–Trinajstić information content (AvgIpc) is 2.98. The Kier molecular flexibility index (Phi) is 10.4. The second-order valence-electron chi connectivity index (χ2n) is 11.0. The molecule has 5 aromatic rings. The molecule has 0 aliphatic carbocycles. The van der Waals surface area contributed by atoms with Gasteiger partial charge in [-0.1, -0.05) is 88.4 Å². The summed E-state index contributed by atoms with van der Waals surface area (Å²) in [5.41, 5.74) is 6.17. The van der Waals surface area contributed by atoms with Crippen molar-refractivity contribution < 1.29 is 27.2 Å². The molecule has 0 saturated heterocycles. The van der Waals surface area contributed by atoms with Gasteiger partial charge in [-0.2, -0.15) is 0 Å². The number of aromatic nitrogens is 2. The molecule has 0 fully saturated rings. The fraction of sp³-hybridized carbons (Fsp3) is 0.222. The van der Waals surface area contributed by atoms with Crippen molar-refractivity contribution in [1.29, 1.82) is 0 Å². The van der Waals surface area contributed by atoms with Gasteiger partial charge in [0.25, 0.3) is 0 Å². The summed E-state index contributed by atoms with van der Waals surface area (Å²) in [5, 5.41) is 1.17. The van der Waals surface area contributed by atoms with Crippen molar-refractivity contribution in [2.45, 2.75) is 52.2 Å². The van der Waals surface area contributed by atoms with Crippen molar-refractivity contribution in [3.05, 3.63) is 138 Å². The molecule has 1 unspecified atom stereocenters.